The molecule has 2 fully saturated rings. The number of halogens is 1. The summed E-state index contributed by atoms with van der Waals surface area (Å²) in [6.07, 6.45) is 0. The Morgan fingerprint density at radius 3 is 3.16 bits per heavy atom. The molecule has 3 aliphatic heterocycles. The second-order valence-electron chi connectivity index (χ2n) is 4.69. The quantitative estimate of drug-likeness (QED) is 0.725. The molecule has 98 valence electrons. The van der Waals surface area contributed by atoms with Crippen molar-refractivity contribution in [1.29, 1.82) is 0 Å². The first-order valence-electron chi connectivity index (χ1n) is 5.82. The van der Waals surface area contributed by atoms with E-state index in [1.807, 2.05) is 23.1 Å². The molecular weight excluding hydrogens is 332 g/mol. The Morgan fingerprint density at radius 1 is 1.47 bits per heavy atom. The van der Waals surface area contributed by atoms with Crippen LogP contribution in [0.1, 0.15) is 5.56 Å². The molecule has 0 bridgehead atoms. The predicted molar refractivity (Wildman–Crippen MR) is 73.5 cm³/mol. The van der Waals surface area contributed by atoms with Crippen molar-refractivity contribution in [3.8, 4) is 0 Å². The van der Waals surface area contributed by atoms with Crippen LogP contribution < -0.4 is 5.32 Å². The summed E-state index contributed by atoms with van der Waals surface area (Å²) in [6.45, 7) is 0. The second kappa shape index (κ2) is 3.74. The minimum absolute atomic E-state index is 0.279. The van der Waals surface area contributed by atoms with Gasteiger partial charge in [-0.15, -0.1) is 11.8 Å². The topological polar surface area (TPSA) is 58.6 Å². The third kappa shape index (κ3) is 1.35. The van der Waals surface area contributed by atoms with E-state index in [4.69, 9.17) is 4.74 Å². The zero-order valence-corrected chi connectivity index (χ0v) is 12.1. The van der Waals surface area contributed by atoms with E-state index in [-0.39, 0.29) is 17.9 Å². The van der Waals surface area contributed by atoms with Gasteiger partial charge in [-0.1, -0.05) is 15.9 Å². The molecule has 1 aromatic rings. The molecule has 2 atom stereocenters. The van der Waals surface area contributed by atoms with Gasteiger partial charge in [-0.2, -0.15) is 0 Å². The molecular formula is C12H9BrN2O3S. The standard InChI is InChI=1S/C12H9BrN2O3S/c13-6-1-2-8-7(3-6)12(11(17)14-8)15-5-19-4-9(15)10(16)18-12/h1-3,9H,4-5H2,(H,14,17)/t9-,12?/m0/s1. The van der Waals surface area contributed by atoms with Crippen LogP contribution in [0, 0.1) is 0 Å². The fraction of sp³-hybridized carbons (Fsp3) is 0.333. The second-order valence-corrected chi connectivity index (χ2v) is 6.61. The molecule has 1 N–H and O–H groups in total. The molecule has 1 aromatic carbocycles. The fourth-order valence-corrected chi connectivity index (χ4v) is 4.41. The molecule has 4 rings (SSSR count). The molecule has 3 aliphatic rings. The van der Waals surface area contributed by atoms with Crippen molar-refractivity contribution in [2.24, 2.45) is 0 Å². The van der Waals surface area contributed by atoms with Gasteiger partial charge in [0.2, 0.25) is 0 Å². The molecule has 7 heteroatoms. The summed E-state index contributed by atoms with van der Waals surface area (Å²) in [5.74, 6) is 0.708. The van der Waals surface area contributed by atoms with Crippen molar-refractivity contribution in [3.63, 3.8) is 0 Å². The van der Waals surface area contributed by atoms with Gasteiger partial charge in [0, 0.05) is 21.7 Å². The number of anilines is 1. The first kappa shape index (κ1) is 11.7. The van der Waals surface area contributed by atoms with Gasteiger partial charge < -0.3 is 10.1 Å². The van der Waals surface area contributed by atoms with E-state index < -0.39 is 5.72 Å². The highest BCUT2D eigenvalue weighted by Crippen LogP contribution is 2.50. The average Bonchev–Trinajstić information content (AvgIpc) is 3.01. The Hall–Kier alpha value is -1.05. The number of benzene rings is 1. The van der Waals surface area contributed by atoms with Gasteiger partial charge in [-0.3, -0.25) is 9.59 Å². The first-order valence-corrected chi connectivity index (χ1v) is 7.76. The van der Waals surface area contributed by atoms with Crippen LogP contribution in [-0.2, 0) is 20.1 Å². The normalized spacial score (nSPS) is 32.4. The number of nitrogens with one attached hydrogen (secondary N) is 1. The van der Waals surface area contributed by atoms with Crippen molar-refractivity contribution in [1.82, 2.24) is 4.90 Å². The summed E-state index contributed by atoms with van der Waals surface area (Å²) in [6, 6.07) is 5.19. The van der Waals surface area contributed by atoms with E-state index in [1.54, 1.807) is 11.8 Å². The van der Waals surface area contributed by atoms with E-state index in [0.717, 1.165) is 4.47 Å². The van der Waals surface area contributed by atoms with Crippen LogP contribution in [0.3, 0.4) is 0 Å². The smallest absolute Gasteiger partial charge is 0.326 e. The minimum Gasteiger partial charge on any atom is -0.428 e. The number of rotatable bonds is 0. The lowest BCUT2D eigenvalue weighted by molar-refractivity contribution is -0.164. The first-order chi connectivity index (χ1) is 9.13. The van der Waals surface area contributed by atoms with E-state index in [9.17, 15) is 9.59 Å². The molecule has 0 aromatic heterocycles. The lowest BCUT2D eigenvalue weighted by Crippen LogP contribution is -2.48. The molecule has 3 heterocycles. The Morgan fingerprint density at radius 2 is 2.32 bits per heavy atom. The summed E-state index contributed by atoms with van der Waals surface area (Å²) < 4.78 is 6.37. The Bertz CT molecular complexity index is 623. The number of amides is 1. The molecule has 5 nitrogen and oxygen atoms in total. The molecule has 0 saturated carbocycles. The van der Waals surface area contributed by atoms with Crippen LogP contribution >= 0.6 is 27.7 Å². The van der Waals surface area contributed by atoms with Gasteiger partial charge in [0.05, 0.1) is 5.69 Å². The summed E-state index contributed by atoms with van der Waals surface area (Å²) in [5, 5.41) is 2.80. The van der Waals surface area contributed by atoms with Crippen LogP contribution in [-0.4, -0.2) is 34.4 Å². The van der Waals surface area contributed by atoms with Crippen LogP contribution in [0.25, 0.3) is 0 Å². The summed E-state index contributed by atoms with van der Waals surface area (Å²) in [5.41, 5.74) is 0.147. The number of fused-ring (bicyclic) bond motifs is 4. The van der Waals surface area contributed by atoms with Crippen LogP contribution in [0.2, 0.25) is 0 Å². The number of nitrogens with zero attached hydrogens (tertiary/aromatic N) is 1. The number of hydrogen-bond donors (Lipinski definition) is 1. The Labute approximate surface area is 121 Å². The Kier molecular flexibility index (Phi) is 2.31. The molecule has 2 saturated heterocycles. The van der Waals surface area contributed by atoms with Gasteiger partial charge >= 0.3 is 5.97 Å². The van der Waals surface area contributed by atoms with Gasteiger partial charge in [0.25, 0.3) is 11.6 Å². The highest BCUT2D eigenvalue weighted by molar-refractivity contribution is 9.10. The number of esters is 1. The number of carbonyl (C=O) groups is 2. The van der Waals surface area contributed by atoms with Gasteiger partial charge in [-0.25, -0.2) is 4.90 Å². The summed E-state index contributed by atoms with van der Waals surface area (Å²) >= 11 is 5.04. The maximum absolute atomic E-state index is 12.4. The number of carbonyl (C=O) groups excluding carboxylic acids is 2. The van der Waals surface area contributed by atoms with Crippen molar-refractivity contribution >= 4 is 45.3 Å². The van der Waals surface area contributed by atoms with Crippen molar-refractivity contribution in [2.45, 2.75) is 11.8 Å². The molecule has 19 heavy (non-hydrogen) atoms. The van der Waals surface area contributed by atoms with Gasteiger partial charge in [-0.05, 0) is 18.2 Å². The lowest BCUT2D eigenvalue weighted by Gasteiger charge is -2.28. The average molecular weight is 341 g/mol. The summed E-state index contributed by atoms with van der Waals surface area (Å²) in [7, 11) is 0. The number of ether oxygens (including phenoxy) is 1. The van der Waals surface area contributed by atoms with E-state index >= 15 is 0 Å². The molecule has 0 aliphatic carbocycles. The zero-order valence-electron chi connectivity index (χ0n) is 9.68. The van der Waals surface area contributed by atoms with E-state index in [2.05, 4.69) is 21.2 Å². The van der Waals surface area contributed by atoms with Crippen molar-refractivity contribution in [3.05, 3.63) is 28.2 Å². The number of hydrogen-bond acceptors (Lipinski definition) is 5. The van der Waals surface area contributed by atoms with Crippen molar-refractivity contribution < 1.29 is 14.3 Å². The SMILES string of the molecule is O=C1OC2(C(=O)Nc3ccc(Br)cc32)N2CSC[C@@H]12. The number of thioether (sulfide) groups is 1. The maximum Gasteiger partial charge on any atom is 0.326 e. The largest absolute Gasteiger partial charge is 0.428 e. The molecule has 1 unspecified atom stereocenters. The monoisotopic (exact) mass is 340 g/mol. The molecule has 0 radical (unpaired) electrons. The van der Waals surface area contributed by atoms with E-state index in [0.29, 0.717) is 22.9 Å². The van der Waals surface area contributed by atoms with Crippen LogP contribution in [0.5, 0.6) is 0 Å². The maximum atomic E-state index is 12.4. The van der Waals surface area contributed by atoms with Crippen LogP contribution in [0.4, 0.5) is 5.69 Å². The molecule has 1 amide bonds. The zero-order chi connectivity index (χ0) is 13.2. The van der Waals surface area contributed by atoms with Gasteiger partial charge in [0.15, 0.2) is 0 Å². The summed E-state index contributed by atoms with van der Waals surface area (Å²) in [4.78, 5) is 26.2. The highest BCUT2D eigenvalue weighted by Gasteiger charge is 2.64. The third-order valence-corrected chi connectivity index (χ3v) is 5.22. The molecule has 1 spiro atoms. The van der Waals surface area contributed by atoms with Crippen molar-refractivity contribution in [2.75, 3.05) is 16.9 Å². The van der Waals surface area contributed by atoms with Crippen LogP contribution in [0.15, 0.2) is 22.7 Å². The minimum atomic E-state index is -1.27. The third-order valence-electron chi connectivity index (χ3n) is 3.71. The predicted octanol–water partition coefficient (Wildman–Crippen LogP) is 1.49. The van der Waals surface area contributed by atoms with Gasteiger partial charge in [0.1, 0.15) is 6.04 Å². The lowest BCUT2D eigenvalue weighted by atomic mass is 10.0. The highest BCUT2D eigenvalue weighted by atomic mass is 79.9. The fourth-order valence-electron chi connectivity index (χ4n) is 2.84. The van der Waals surface area contributed by atoms with E-state index in [1.165, 1.54) is 0 Å². The Balaban J connectivity index is 1.94.